The van der Waals surface area contributed by atoms with Crippen LogP contribution in [0.1, 0.15) is 491 Å². The Labute approximate surface area is 677 Å². The van der Waals surface area contributed by atoms with Gasteiger partial charge in [-0.2, -0.15) is 0 Å². The van der Waals surface area contributed by atoms with E-state index in [-0.39, 0.29) is 25.7 Å². The van der Waals surface area contributed by atoms with E-state index < -0.39 is 97.5 Å². The highest BCUT2D eigenvalue weighted by Crippen LogP contribution is 2.45. The number of carbonyl (C=O) groups excluding carboxylic acids is 4. The third kappa shape index (κ3) is 82.6. The molecule has 0 spiro atoms. The van der Waals surface area contributed by atoms with Gasteiger partial charge in [0.15, 0.2) is 12.2 Å². The van der Waals surface area contributed by atoms with Gasteiger partial charge in [0.2, 0.25) is 0 Å². The van der Waals surface area contributed by atoms with Gasteiger partial charge in [-0.15, -0.1) is 0 Å². The van der Waals surface area contributed by atoms with Crippen LogP contribution in [0, 0.1) is 11.8 Å². The van der Waals surface area contributed by atoms with E-state index >= 15 is 0 Å². The first-order chi connectivity index (χ1) is 53.4. The molecular formula is C91H178O17P2. The predicted molar refractivity (Wildman–Crippen MR) is 455 cm³/mol. The summed E-state index contributed by atoms with van der Waals surface area (Å²) < 4.78 is 69.0. The molecule has 110 heavy (non-hydrogen) atoms. The Hall–Kier alpha value is -1.94. The second-order valence-corrected chi connectivity index (χ2v) is 36.3. The number of esters is 4. The lowest BCUT2D eigenvalue weighted by Gasteiger charge is -2.21. The minimum Gasteiger partial charge on any atom is -0.462 e. The minimum absolute atomic E-state index is 0.108. The van der Waals surface area contributed by atoms with Crippen molar-refractivity contribution in [3.63, 3.8) is 0 Å². The summed E-state index contributed by atoms with van der Waals surface area (Å²) in [5.41, 5.74) is 0. The molecule has 654 valence electrons. The van der Waals surface area contributed by atoms with E-state index in [1.165, 1.54) is 302 Å². The Balaban J connectivity index is 5.21. The molecule has 0 rings (SSSR count). The number of unbranched alkanes of at least 4 members (excludes halogenated alkanes) is 59. The molecule has 0 saturated carbocycles. The van der Waals surface area contributed by atoms with Gasteiger partial charge in [-0.25, -0.2) is 9.13 Å². The maximum absolute atomic E-state index is 13.2. The summed E-state index contributed by atoms with van der Waals surface area (Å²) >= 11 is 0. The lowest BCUT2D eigenvalue weighted by molar-refractivity contribution is -0.161. The molecule has 0 amide bonds. The van der Waals surface area contributed by atoms with Crippen molar-refractivity contribution in [3.05, 3.63) is 0 Å². The normalized spacial score (nSPS) is 14.0. The molecule has 0 aliphatic carbocycles. The number of phosphoric ester groups is 2. The number of rotatable bonds is 90. The van der Waals surface area contributed by atoms with Crippen molar-refractivity contribution in [3.8, 4) is 0 Å². The Morgan fingerprint density at radius 2 is 0.464 bits per heavy atom. The second kappa shape index (κ2) is 82.2. The summed E-state index contributed by atoms with van der Waals surface area (Å²) in [5.74, 6) is -0.544. The molecule has 0 heterocycles. The van der Waals surface area contributed by atoms with Gasteiger partial charge in [0.1, 0.15) is 19.3 Å². The van der Waals surface area contributed by atoms with Crippen LogP contribution >= 0.6 is 15.6 Å². The van der Waals surface area contributed by atoms with Crippen LogP contribution in [0.5, 0.6) is 0 Å². The van der Waals surface area contributed by atoms with Gasteiger partial charge in [0.05, 0.1) is 26.4 Å². The quantitative estimate of drug-likeness (QED) is 0.0222. The van der Waals surface area contributed by atoms with Crippen molar-refractivity contribution in [1.82, 2.24) is 0 Å². The molecule has 0 fully saturated rings. The lowest BCUT2D eigenvalue weighted by Crippen LogP contribution is -2.30. The third-order valence-corrected chi connectivity index (χ3v) is 23.7. The number of hydrogen-bond acceptors (Lipinski definition) is 15. The SMILES string of the molecule is CCCCCCCCCCCCCCCCCCCCCCCCC(=O)O[C@H](COC(=O)CCCCCCCCCCCCCCCCCCCCC(C)C)COP(=O)(O)OC[C@@H](O)COP(=O)(O)OC[C@@H](COC(=O)CCCCCCCCC(C)CC)OC(=O)CCCCCCCCCCCCCCCCCCC. The molecule has 0 aromatic carbocycles. The minimum atomic E-state index is -4.97. The number of aliphatic hydroxyl groups excluding tert-OH is 1. The fraction of sp³-hybridized carbons (Fsp3) is 0.956. The Morgan fingerprint density at radius 3 is 0.691 bits per heavy atom. The molecule has 19 heteroatoms. The van der Waals surface area contributed by atoms with Gasteiger partial charge in [0.25, 0.3) is 0 Å². The number of ether oxygens (including phenoxy) is 4. The molecule has 3 unspecified atom stereocenters. The van der Waals surface area contributed by atoms with E-state index in [9.17, 15) is 43.2 Å². The second-order valence-electron chi connectivity index (χ2n) is 33.4. The molecule has 3 N–H and O–H groups in total. The molecule has 0 aliphatic rings. The first-order valence-electron chi connectivity index (χ1n) is 47.0. The summed E-state index contributed by atoms with van der Waals surface area (Å²) in [5, 5.41) is 10.7. The Morgan fingerprint density at radius 1 is 0.264 bits per heavy atom. The van der Waals surface area contributed by atoms with Crippen molar-refractivity contribution < 1.29 is 80.2 Å². The van der Waals surface area contributed by atoms with Gasteiger partial charge in [0, 0.05) is 25.7 Å². The number of hydrogen-bond donors (Lipinski definition) is 3. The molecule has 0 saturated heterocycles. The van der Waals surface area contributed by atoms with Crippen molar-refractivity contribution in [2.45, 2.75) is 509 Å². The zero-order valence-electron chi connectivity index (χ0n) is 72.6. The lowest BCUT2D eigenvalue weighted by atomic mass is 10.00. The van der Waals surface area contributed by atoms with Crippen LogP contribution in [0.25, 0.3) is 0 Å². The topological polar surface area (TPSA) is 237 Å². The third-order valence-electron chi connectivity index (χ3n) is 21.8. The van der Waals surface area contributed by atoms with Crippen molar-refractivity contribution in [2.75, 3.05) is 39.6 Å². The molecule has 0 radical (unpaired) electrons. The standard InChI is InChI=1S/C91H178O17P2/c1-7-10-12-14-16-18-20-22-24-26-27-28-29-30-36-40-44-48-52-56-64-69-75-90(95)107-86(79-101-88(93)73-67-61-54-50-46-42-38-35-32-31-34-37-41-45-49-53-59-65-71-83(4)5)81-105-109(97,98)103-77-85(92)78-104-110(99,100)106-82-87(80-102-89(94)74-68-62-58-57-60-66-72-84(6)9-3)108-91(96)76-70-63-55-51-47-43-39-33-25-23-21-19-17-15-13-11-8-2/h83-87,92H,7-82H2,1-6H3,(H,97,98)(H,99,100)/t84?,85-,86-,87-/m1/s1. The zero-order valence-corrected chi connectivity index (χ0v) is 74.4. The molecule has 0 bridgehead atoms. The summed E-state index contributed by atoms with van der Waals surface area (Å²) in [6.45, 7) is 9.70. The van der Waals surface area contributed by atoms with Crippen molar-refractivity contribution in [1.29, 1.82) is 0 Å². The van der Waals surface area contributed by atoms with E-state index in [0.29, 0.717) is 25.7 Å². The van der Waals surface area contributed by atoms with Gasteiger partial charge >= 0.3 is 39.5 Å². The van der Waals surface area contributed by atoms with Crippen LogP contribution < -0.4 is 0 Å². The summed E-state index contributed by atoms with van der Waals surface area (Å²) in [6.07, 6.45) is 76.6. The number of aliphatic hydroxyl groups is 1. The Bertz CT molecular complexity index is 2100. The summed E-state index contributed by atoms with van der Waals surface area (Å²) in [6, 6.07) is 0. The molecule has 6 atom stereocenters. The van der Waals surface area contributed by atoms with Gasteiger partial charge in [-0.05, 0) is 37.5 Å². The highest BCUT2D eigenvalue weighted by Gasteiger charge is 2.31. The van der Waals surface area contributed by atoms with Crippen molar-refractivity contribution >= 4 is 39.5 Å². The fourth-order valence-corrected chi connectivity index (χ4v) is 15.9. The predicted octanol–water partition coefficient (Wildman–Crippen LogP) is 28.2. The highest BCUT2D eigenvalue weighted by molar-refractivity contribution is 7.47. The van der Waals surface area contributed by atoms with Gasteiger partial charge < -0.3 is 33.8 Å². The van der Waals surface area contributed by atoms with Crippen LogP contribution in [0.3, 0.4) is 0 Å². The average molecular weight is 1610 g/mol. The molecular weight excluding hydrogens is 1430 g/mol. The van der Waals surface area contributed by atoms with Gasteiger partial charge in [-0.1, -0.05) is 440 Å². The van der Waals surface area contributed by atoms with E-state index in [1.807, 2.05) is 0 Å². The van der Waals surface area contributed by atoms with E-state index in [4.69, 9.17) is 37.0 Å². The largest absolute Gasteiger partial charge is 0.472 e. The fourth-order valence-electron chi connectivity index (χ4n) is 14.3. The van der Waals surface area contributed by atoms with Crippen LogP contribution in [0.2, 0.25) is 0 Å². The monoisotopic (exact) mass is 1610 g/mol. The van der Waals surface area contributed by atoms with E-state index in [0.717, 1.165) is 108 Å². The maximum Gasteiger partial charge on any atom is 0.472 e. The maximum atomic E-state index is 13.2. The van der Waals surface area contributed by atoms with Crippen LogP contribution in [-0.2, 0) is 65.4 Å². The first kappa shape index (κ1) is 108. The number of phosphoric acid groups is 2. The first-order valence-corrected chi connectivity index (χ1v) is 50.0. The van der Waals surface area contributed by atoms with Gasteiger partial charge in [-0.3, -0.25) is 37.3 Å². The zero-order chi connectivity index (χ0) is 80.6. The smallest absolute Gasteiger partial charge is 0.462 e. The summed E-state index contributed by atoms with van der Waals surface area (Å²) in [4.78, 5) is 73.4. The highest BCUT2D eigenvalue weighted by atomic mass is 31.2. The average Bonchev–Trinajstić information content (AvgIpc) is 0.896. The van der Waals surface area contributed by atoms with E-state index in [2.05, 4.69) is 41.5 Å². The molecule has 0 aromatic rings. The Kier molecular flexibility index (Phi) is 80.7. The number of carbonyl (C=O) groups is 4. The van der Waals surface area contributed by atoms with Crippen LogP contribution in [0.15, 0.2) is 0 Å². The van der Waals surface area contributed by atoms with E-state index in [1.54, 1.807) is 0 Å². The molecule has 0 aromatic heterocycles. The summed E-state index contributed by atoms with van der Waals surface area (Å²) in [7, 11) is -9.93. The molecule has 17 nitrogen and oxygen atoms in total. The molecule has 0 aliphatic heterocycles. The van der Waals surface area contributed by atoms with Crippen LogP contribution in [0.4, 0.5) is 0 Å². The van der Waals surface area contributed by atoms with Crippen molar-refractivity contribution in [2.24, 2.45) is 11.8 Å². The van der Waals surface area contributed by atoms with Crippen LogP contribution in [-0.4, -0.2) is 96.7 Å².